The monoisotopic (exact) mass is 269 g/mol. The summed E-state index contributed by atoms with van der Waals surface area (Å²) >= 11 is 0. The zero-order chi connectivity index (χ0) is 13.8. The molecule has 0 radical (unpaired) electrons. The van der Waals surface area contributed by atoms with E-state index in [0.29, 0.717) is 38.1 Å². The van der Waals surface area contributed by atoms with Gasteiger partial charge < -0.3 is 25.2 Å². The molecule has 0 spiro atoms. The molecule has 1 aliphatic rings. The highest BCUT2D eigenvalue weighted by Gasteiger charge is 2.31. The Balaban J connectivity index is 2.23. The van der Waals surface area contributed by atoms with Crippen molar-refractivity contribution in [3.05, 3.63) is 0 Å². The fourth-order valence-electron chi connectivity index (χ4n) is 1.85. The summed E-state index contributed by atoms with van der Waals surface area (Å²) in [5.74, 6) is 0.817. The van der Waals surface area contributed by atoms with Crippen molar-refractivity contribution in [3.63, 3.8) is 0 Å². The molecule has 2 atom stereocenters. The fraction of sp³-hybridized carbons (Fsp3) is 0.727. The lowest BCUT2D eigenvalue weighted by molar-refractivity contribution is 0.0572. The first-order valence-electron chi connectivity index (χ1n) is 6.37. The summed E-state index contributed by atoms with van der Waals surface area (Å²) < 4.78 is 5.29. The van der Waals surface area contributed by atoms with Crippen LogP contribution in [0.25, 0.3) is 0 Å². The van der Waals surface area contributed by atoms with Gasteiger partial charge in [-0.25, -0.2) is 0 Å². The summed E-state index contributed by atoms with van der Waals surface area (Å²) in [6.07, 6.45) is -1.57. The Kier molecular flexibility index (Phi) is 4.33. The van der Waals surface area contributed by atoms with E-state index < -0.39 is 12.2 Å². The molecule has 0 saturated carbocycles. The highest BCUT2D eigenvalue weighted by molar-refractivity contribution is 5.40. The lowest BCUT2D eigenvalue weighted by Gasteiger charge is -2.16. The maximum absolute atomic E-state index is 9.57. The van der Waals surface area contributed by atoms with Crippen LogP contribution in [0.3, 0.4) is 0 Å². The van der Waals surface area contributed by atoms with E-state index in [4.69, 9.17) is 4.74 Å². The summed E-state index contributed by atoms with van der Waals surface area (Å²) in [5, 5.41) is 22.1. The highest BCUT2D eigenvalue weighted by Crippen LogP contribution is 2.20. The molecule has 0 aliphatic carbocycles. The van der Waals surface area contributed by atoms with Crippen LogP contribution in [0.2, 0.25) is 0 Å². The standard InChI is InChI=1S/C11H19N5O3/c1-3-12-9-13-10(15-11(14-9)19-4-2)16-5-7(17)8(18)6-16/h7-8,17-18H,3-6H2,1-2H3,(H,12,13,14,15). The van der Waals surface area contributed by atoms with E-state index in [2.05, 4.69) is 20.3 Å². The predicted octanol–water partition coefficient (Wildman–Crippen LogP) is -0.756. The molecule has 3 N–H and O–H groups in total. The third-order valence-electron chi connectivity index (χ3n) is 2.75. The van der Waals surface area contributed by atoms with Crippen LogP contribution >= 0.6 is 0 Å². The Morgan fingerprint density at radius 2 is 1.89 bits per heavy atom. The highest BCUT2D eigenvalue weighted by atomic mass is 16.5. The molecule has 1 aromatic heterocycles. The molecule has 2 rings (SSSR count). The van der Waals surface area contributed by atoms with Crippen molar-refractivity contribution in [1.82, 2.24) is 15.0 Å². The van der Waals surface area contributed by atoms with Crippen molar-refractivity contribution in [2.75, 3.05) is 36.5 Å². The first-order chi connectivity index (χ1) is 9.13. The Labute approximate surface area is 111 Å². The van der Waals surface area contributed by atoms with E-state index in [9.17, 15) is 10.2 Å². The molecule has 19 heavy (non-hydrogen) atoms. The van der Waals surface area contributed by atoms with Gasteiger partial charge in [0.15, 0.2) is 0 Å². The number of hydrogen-bond donors (Lipinski definition) is 3. The van der Waals surface area contributed by atoms with E-state index in [0.717, 1.165) is 0 Å². The Morgan fingerprint density at radius 1 is 1.21 bits per heavy atom. The molecule has 8 nitrogen and oxygen atoms in total. The largest absolute Gasteiger partial charge is 0.464 e. The molecule has 2 unspecified atom stereocenters. The third kappa shape index (κ3) is 3.21. The predicted molar refractivity (Wildman–Crippen MR) is 69.4 cm³/mol. The van der Waals surface area contributed by atoms with E-state index in [1.807, 2.05) is 13.8 Å². The number of ether oxygens (including phenoxy) is 1. The van der Waals surface area contributed by atoms with Gasteiger partial charge in [-0.15, -0.1) is 0 Å². The molecule has 106 valence electrons. The Hall–Kier alpha value is -1.67. The van der Waals surface area contributed by atoms with Crippen LogP contribution in [0.15, 0.2) is 0 Å². The zero-order valence-corrected chi connectivity index (χ0v) is 11.1. The van der Waals surface area contributed by atoms with Crippen molar-refractivity contribution in [3.8, 4) is 6.01 Å². The number of rotatable bonds is 5. The minimum Gasteiger partial charge on any atom is -0.464 e. The van der Waals surface area contributed by atoms with Gasteiger partial charge in [0, 0.05) is 19.6 Å². The molecular formula is C11H19N5O3. The van der Waals surface area contributed by atoms with Gasteiger partial charge in [-0.2, -0.15) is 15.0 Å². The number of β-amino-alcohol motifs (C(OH)–C–C–N with tert-alkyl or cyclic N) is 2. The number of nitrogens with zero attached hydrogens (tertiary/aromatic N) is 4. The van der Waals surface area contributed by atoms with Gasteiger partial charge in [-0.1, -0.05) is 0 Å². The summed E-state index contributed by atoms with van der Waals surface area (Å²) in [4.78, 5) is 14.2. The summed E-state index contributed by atoms with van der Waals surface area (Å²) in [5.41, 5.74) is 0. The molecule has 8 heteroatoms. The molecule has 0 amide bonds. The number of anilines is 2. The Bertz CT molecular complexity index is 397. The fourth-order valence-corrected chi connectivity index (χ4v) is 1.85. The van der Waals surface area contributed by atoms with Crippen molar-refractivity contribution in [2.45, 2.75) is 26.1 Å². The molecule has 1 aliphatic heterocycles. The molecule has 1 aromatic rings. The van der Waals surface area contributed by atoms with E-state index in [1.54, 1.807) is 4.90 Å². The van der Waals surface area contributed by atoms with E-state index >= 15 is 0 Å². The normalized spacial score (nSPS) is 22.6. The smallest absolute Gasteiger partial charge is 0.323 e. The van der Waals surface area contributed by atoms with Crippen LogP contribution in [0.5, 0.6) is 6.01 Å². The van der Waals surface area contributed by atoms with Crippen molar-refractivity contribution in [2.24, 2.45) is 0 Å². The molecule has 1 fully saturated rings. The molecular weight excluding hydrogens is 250 g/mol. The van der Waals surface area contributed by atoms with Gasteiger partial charge in [0.1, 0.15) is 0 Å². The van der Waals surface area contributed by atoms with E-state index in [1.165, 1.54) is 0 Å². The first-order valence-corrected chi connectivity index (χ1v) is 6.37. The van der Waals surface area contributed by atoms with Gasteiger partial charge in [-0.05, 0) is 13.8 Å². The van der Waals surface area contributed by atoms with Gasteiger partial charge in [0.05, 0.1) is 18.8 Å². The van der Waals surface area contributed by atoms with Crippen LogP contribution in [0, 0.1) is 0 Å². The molecule has 0 aromatic carbocycles. The first kappa shape index (κ1) is 13.8. The number of aliphatic hydroxyl groups is 2. The lowest BCUT2D eigenvalue weighted by Crippen LogP contribution is -2.24. The second-order valence-corrected chi connectivity index (χ2v) is 4.24. The summed E-state index contributed by atoms with van der Waals surface area (Å²) in [6, 6.07) is 0.235. The summed E-state index contributed by atoms with van der Waals surface area (Å²) in [7, 11) is 0. The SMILES string of the molecule is CCNc1nc(OCC)nc(N2CC(O)C(O)C2)n1. The molecule has 0 bridgehead atoms. The second-order valence-electron chi connectivity index (χ2n) is 4.24. The number of aromatic nitrogens is 3. The van der Waals surface area contributed by atoms with Gasteiger partial charge in [0.2, 0.25) is 11.9 Å². The number of hydrogen-bond acceptors (Lipinski definition) is 8. The minimum atomic E-state index is -0.783. The average molecular weight is 269 g/mol. The van der Waals surface area contributed by atoms with Gasteiger partial charge in [-0.3, -0.25) is 0 Å². The van der Waals surface area contributed by atoms with Gasteiger partial charge in [0.25, 0.3) is 0 Å². The third-order valence-corrected chi connectivity index (χ3v) is 2.75. The zero-order valence-electron chi connectivity index (χ0n) is 11.1. The van der Waals surface area contributed by atoms with Crippen LogP contribution in [-0.4, -0.2) is 63.6 Å². The average Bonchev–Trinajstić information content (AvgIpc) is 2.70. The second kappa shape index (κ2) is 5.98. The maximum atomic E-state index is 9.57. The van der Waals surface area contributed by atoms with Crippen LogP contribution in [0.4, 0.5) is 11.9 Å². The maximum Gasteiger partial charge on any atom is 0.323 e. The van der Waals surface area contributed by atoms with Gasteiger partial charge >= 0.3 is 6.01 Å². The number of nitrogens with one attached hydrogen (secondary N) is 1. The van der Waals surface area contributed by atoms with Crippen molar-refractivity contribution >= 4 is 11.9 Å². The lowest BCUT2D eigenvalue weighted by atomic mass is 10.3. The van der Waals surface area contributed by atoms with Crippen LogP contribution in [-0.2, 0) is 0 Å². The topological polar surface area (TPSA) is 104 Å². The van der Waals surface area contributed by atoms with Crippen LogP contribution < -0.4 is 15.0 Å². The van der Waals surface area contributed by atoms with Crippen molar-refractivity contribution in [1.29, 1.82) is 0 Å². The number of aliphatic hydroxyl groups excluding tert-OH is 2. The van der Waals surface area contributed by atoms with Crippen molar-refractivity contribution < 1.29 is 14.9 Å². The Morgan fingerprint density at radius 3 is 2.47 bits per heavy atom. The van der Waals surface area contributed by atoms with Crippen LogP contribution in [0.1, 0.15) is 13.8 Å². The molecule has 2 heterocycles. The quantitative estimate of drug-likeness (QED) is 0.641. The molecule has 1 saturated heterocycles. The summed E-state index contributed by atoms with van der Waals surface area (Å²) in [6.45, 7) is 5.51. The van der Waals surface area contributed by atoms with E-state index in [-0.39, 0.29) is 6.01 Å². The minimum absolute atomic E-state index is 0.235.